The maximum Gasteiger partial charge on any atom is 0.251 e. The fourth-order valence-corrected chi connectivity index (χ4v) is 2.24. The van der Waals surface area contributed by atoms with Gasteiger partial charge in [0.25, 0.3) is 5.91 Å². The van der Waals surface area contributed by atoms with Gasteiger partial charge in [-0.1, -0.05) is 0 Å². The summed E-state index contributed by atoms with van der Waals surface area (Å²) in [5, 5.41) is 6.10. The lowest BCUT2D eigenvalue weighted by atomic mass is 10.1. The maximum absolute atomic E-state index is 12.2. The lowest BCUT2D eigenvalue weighted by molar-refractivity contribution is 0.0865. The first-order chi connectivity index (χ1) is 8.61. The predicted molar refractivity (Wildman–Crippen MR) is 72.0 cm³/mol. The van der Waals surface area contributed by atoms with E-state index in [4.69, 9.17) is 4.74 Å². The first kappa shape index (κ1) is 12.9. The summed E-state index contributed by atoms with van der Waals surface area (Å²) in [5.41, 5.74) is 2.72. The summed E-state index contributed by atoms with van der Waals surface area (Å²) in [6.07, 6.45) is 0.992. The summed E-state index contributed by atoms with van der Waals surface area (Å²) < 4.78 is 5.44. The van der Waals surface area contributed by atoms with Crippen LogP contribution in [-0.4, -0.2) is 31.7 Å². The van der Waals surface area contributed by atoms with E-state index in [1.807, 2.05) is 39.1 Å². The summed E-state index contributed by atoms with van der Waals surface area (Å²) >= 11 is 0. The van der Waals surface area contributed by atoms with Crippen LogP contribution in [0.3, 0.4) is 0 Å². The van der Waals surface area contributed by atoms with E-state index in [2.05, 4.69) is 10.6 Å². The van der Waals surface area contributed by atoms with Crippen molar-refractivity contribution in [1.29, 1.82) is 0 Å². The van der Waals surface area contributed by atoms with E-state index in [1.54, 1.807) is 0 Å². The van der Waals surface area contributed by atoms with Gasteiger partial charge in [-0.3, -0.25) is 4.79 Å². The summed E-state index contributed by atoms with van der Waals surface area (Å²) in [6, 6.07) is 5.87. The van der Waals surface area contributed by atoms with Crippen LogP contribution in [0.4, 0.5) is 5.69 Å². The van der Waals surface area contributed by atoms with Crippen molar-refractivity contribution >= 4 is 11.6 Å². The van der Waals surface area contributed by atoms with Crippen molar-refractivity contribution in [2.45, 2.75) is 32.4 Å². The van der Waals surface area contributed by atoms with Gasteiger partial charge in [-0.05, 0) is 44.0 Å². The fourth-order valence-electron chi connectivity index (χ4n) is 2.24. The van der Waals surface area contributed by atoms with E-state index >= 15 is 0 Å². The van der Waals surface area contributed by atoms with Crippen molar-refractivity contribution in [3.63, 3.8) is 0 Å². The molecule has 1 amide bonds. The molecule has 2 atom stereocenters. The summed E-state index contributed by atoms with van der Waals surface area (Å²) in [5.74, 6) is -0.0162. The fraction of sp³-hybridized carbons (Fsp3) is 0.500. The van der Waals surface area contributed by atoms with Crippen molar-refractivity contribution in [3.8, 4) is 0 Å². The minimum absolute atomic E-state index is 0.0162. The van der Waals surface area contributed by atoms with E-state index in [-0.39, 0.29) is 18.1 Å². The number of carbonyl (C=O) groups is 1. The maximum atomic E-state index is 12.2. The Morgan fingerprint density at radius 3 is 2.78 bits per heavy atom. The number of ether oxygens (including phenoxy) is 1. The molecule has 4 heteroatoms. The van der Waals surface area contributed by atoms with Crippen LogP contribution in [0.25, 0.3) is 0 Å². The normalized spacial score (nSPS) is 22.8. The molecule has 0 aliphatic carbocycles. The molecule has 2 N–H and O–H groups in total. The standard InChI is InChI=1S/C14H20N2O2/c1-9-8-11(15-3)4-5-12(9)14(17)16-13-6-7-18-10(13)2/h4-5,8,10,13,15H,6-7H2,1-3H3,(H,16,17). The van der Waals surface area contributed by atoms with Crippen LogP contribution in [0.15, 0.2) is 18.2 Å². The average molecular weight is 248 g/mol. The molecular formula is C14H20N2O2. The van der Waals surface area contributed by atoms with Gasteiger partial charge in [0.15, 0.2) is 0 Å². The van der Waals surface area contributed by atoms with E-state index in [1.165, 1.54) is 0 Å². The van der Waals surface area contributed by atoms with Crippen molar-refractivity contribution < 1.29 is 9.53 Å². The molecular weight excluding hydrogens is 228 g/mol. The van der Waals surface area contributed by atoms with Crippen LogP contribution in [0, 0.1) is 6.92 Å². The second kappa shape index (κ2) is 5.40. The van der Waals surface area contributed by atoms with Gasteiger partial charge >= 0.3 is 0 Å². The minimum Gasteiger partial charge on any atom is -0.388 e. The first-order valence-corrected chi connectivity index (χ1v) is 6.32. The van der Waals surface area contributed by atoms with Gasteiger partial charge in [-0.15, -0.1) is 0 Å². The second-order valence-electron chi connectivity index (χ2n) is 4.72. The molecule has 1 aromatic carbocycles. The first-order valence-electron chi connectivity index (χ1n) is 6.32. The molecule has 1 fully saturated rings. The molecule has 2 rings (SSSR count). The third-order valence-electron chi connectivity index (χ3n) is 3.45. The third-order valence-corrected chi connectivity index (χ3v) is 3.45. The quantitative estimate of drug-likeness (QED) is 0.859. The summed E-state index contributed by atoms with van der Waals surface area (Å²) in [7, 11) is 1.87. The highest BCUT2D eigenvalue weighted by Gasteiger charge is 2.26. The molecule has 0 bridgehead atoms. The third kappa shape index (κ3) is 2.64. The van der Waals surface area contributed by atoms with Crippen molar-refractivity contribution in [3.05, 3.63) is 29.3 Å². The number of rotatable bonds is 3. The number of hydrogen-bond donors (Lipinski definition) is 2. The van der Waals surface area contributed by atoms with E-state index < -0.39 is 0 Å². The van der Waals surface area contributed by atoms with Crippen LogP contribution >= 0.6 is 0 Å². The highest BCUT2D eigenvalue weighted by Crippen LogP contribution is 2.17. The number of nitrogens with one attached hydrogen (secondary N) is 2. The van der Waals surface area contributed by atoms with Gasteiger partial charge < -0.3 is 15.4 Å². The Balaban J connectivity index is 2.09. The Hall–Kier alpha value is -1.55. The number of anilines is 1. The van der Waals surface area contributed by atoms with Gasteiger partial charge in [0.05, 0.1) is 12.1 Å². The zero-order valence-electron chi connectivity index (χ0n) is 11.1. The van der Waals surface area contributed by atoms with Crippen molar-refractivity contribution in [2.24, 2.45) is 0 Å². The molecule has 18 heavy (non-hydrogen) atoms. The predicted octanol–water partition coefficient (Wildman–Crippen LogP) is 1.94. The highest BCUT2D eigenvalue weighted by atomic mass is 16.5. The van der Waals surface area contributed by atoms with E-state index in [0.717, 1.165) is 29.8 Å². The smallest absolute Gasteiger partial charge is 0.251 e. The average Bonchev–Trinajstić information content (AvgIpc) is 2.74. The van der Waals surface area contributed by atoms with Crippen LogP contribution in [0.1, 0.15) is 29.3 Å². The van der Waals surface area contributed by atoms with Crippen LogP contribution in [0.2, 0.25) is 0 Å². The van der Waals surface area contributed by atoms with Crippen LogP contribution in [0.5, 0.6) is 0 Å². The minimum atomic E-state index is -0.0162. The van der Waals surface area contributed by atoms with Gasteiger partial charge in [-0.2, -0.15) is 0 Å². The highest BCUT2D eigenvalue weighted by molar-refractivity contribution is 5.96. The van der Waals surface area contributed by atoms with Gasteiger partial charge in [0.1, 0.15) is 0 Å². The molecule has 4 nitrogen and oxygen atoms in total. The molecule has 1 heterocycles. The number of carbonyl (C=O) groups excluding carboxylic acids is 1. The molecule has 0 saturated carbocycles. The number of aryl methyl sites for hydroxylation is 1. The lowest BCUT2D eigenvalue weighted by Gasteiger charge is -2.17. The Bertz CT molecular complexity index is 445. The van der Waals surface area contributed by atoms with Crippen LogP contribution < -0.4 is 10.6 Å². The van der Waals surface area contributed by atoms with E-state index in [9.17, 15) is 4.79 Å². The largest absolute Gasteiger partial charge is 0.388 e. The molecule has 1 aliphatic rings. The summed E-state index contributed by atoms with van der Waals surface area (Å²) in [6.45, 7) is 4.67. The lowest BCUT2D eigenvalue weighted by Crippen LogP contribution is -2.39. The Morgan fingerprint density at radius 1 is 1.44 bits per heavy atom. The zero-order chi connectivity index (χ0) is 13.1. The molecule has 2 unspecified atom stereocenters. The molecule has 1 aromatic rings. The molecule has 98 valence electrons. The van der Waals surface area contributed by atoms with Crippen LogP contribution in [-0.2, 0) is 4.74 Å². The molecule has 0 spiro atoms. The number of amides is 1. The zero-order valence-corrected chi connectivity index (χ0v) is 11.1. The number of hydrogen-bond acceptors (Lipinski definition) is 3. The number of benzene rings is 1. The molecule has 0 aromatic heterocycles. The van der Waals surface area contributed by atoms with Crippen molar-refractivity contribution in [2.75, 3.05) is 19.0 Å². The molecule has 1 saturated heterocycles. The van der Waals surface area contributed by atoms with E-state index in [0.29, 0.717) is 0 Å². The monoisotopic (exact) mass is 248 g/mol. The Kier molecular flexibility index (Phi) is 3.87. The molecule has 1 aliphatic heterocycles. The van der Waals surface area contributed by atoms with Gasteiger partial charge in [-0.25, -0.2) is 0 Å². The topological polar surface area (TPSA) is 50.4 Å². The SMILES string of the molecule is CNc1ccc(C(=O)NC2CCOC2C)c(C)c1. The Labute approximate surface area is 108 Å². The summed E-state index contributed by atoms with van der Waals surface area (Å²) in [4.78, 5) is 12.2. The van der Waals surface area contributed by atoms with Gasteiger partial charge in [0, 0.05) is 24.9 Å². The second-order valence-corrected chi connectivity index (χ2v) is 4.72. The van der Waals surface area contributed by atoms with Gasteiger partial charge in [0.2, 0.25) is 0 Å². The molecule has 0 radical (unpaired) electrons. The van der Waals surface area contributed by atoms with Crippen molar-refractivity contribution in [1.82, 2.24) is 5.32 Å². The Morgan fingerprint density at radius 2 is 2.22 bits per heavy atom.